The molecule has 1 saturated heterocycles. The Bertz CT molecular complexity index is 710. The van der Waals surface area contributed by atoms with Gasteiger partial charge in [-0.05, 0) is 25.0 Å². The SMILES string of the molecule is CO[C-]1C[C@H](c2ccccc2)[C@@H]2CC[C@H]1C2=[N+]1CCCC1.[C-]#[O+].[C-]#[O+].[C-]#[O+].[C-]#[O+].[C-]#[O+].[Cr]. The first-order chi connectivity index (χ1) is 15.4. The summed E-state index contributed by atoms with van der Waals surface area (Å²) in [6, 6.07) is 11.1. The van der Waals surface area contributed by atoms with Crippen molar-refractivity contribution in [1.82, 2.24) is 0 Å². The van der Waals surface area contributed by atoms with Crippen molar-refractivity contribution in [2.75, 3.05) is 20.2 Å². The van der Waals surface area contributed by atoms with E-state index in [2.05, 4.69) is 68.2 Å². The van der Waals surface area contributed by atoms with Gasteiger partial charge in [0.05, 0.1) is 0 Å². The first-order valence-electron chi connectivity index (χ1n) is 9.47. The molecule has 0 radical (unpaired) electrons. The van der Waals surface area contributed by atoms with Gasteiger partial charge in [0.15, 0.2) is 0 Å². The Morgan fingerprint density at radius 3 is 1.78 bits per heavy atom. The molecule has 1 aromatic rings. The van der Waals surface area contributed by atoms with E-state index in [1.807, 2.05) is 7.11 Å². The van der Waals surface area contributed by atoms with Crippen LogP contribution in [0.3, 0.4) is 0 Å². The van der Waals surface area contributed by atoms with E-state index in [4.69, 9.17) is 28.0 Å². The van der Waals surface area contributed by atoms with Gasteiger partial charge in [0.1, 0.15) is 18.8 Å². The molecule has 1 heterocycles. The third-order valence-electron chi connectivity index (χ3n) is 5.76. The van der Waals surface area contributed by atoms with Crippen molar-refractivity contribution in [3.05, 3.63) is 75.3 Å². The molecule has 0 N–H and O–H groups in total. The minimum absolute atomic E-state index is 0. The number of ether oxygens (including phenoxy) is 1. The van der Waals surface area contributed by atoms with Crippen LogP contribution in [0.4, 0.5) is 0 Å². The zero-order chi connectivity index (χ0) is 24.2. The molecule has 3 aliphatic rings. The van der Waals surface area contributed by atoms with Crippen LogP contribution < -0.4 is 0 Å². The molecule has 168 valence electrons. The summed E-state index contributed by atoms with van der Waals surface area (Å²) < 4.78 is 46.0. The second-order valence-electron chi connectivity index (χ2n) is 6.75. The van der Waals surface area contributed by atoms with Crippen molar-refractivity contribution in [3.63, 3.8) is 0 Å². The minimum atomic E-state index is 0. The number of fused-ring (bicyclic) bond motifs is 2. The van der Waals surface area contributed by atoms with Gasteiger partial charge in [-0.1, -0.05) is 42.7 Å². The number of nitrogens with zero attached hydrogens (tertiary/aromatic N) is 1. The van der Waals surface area contributed by atoms with E-state index in [-0.39, 0.29) is 17.4 Å². The van der Waals surface area contributed by atoms with Gasteiger partial charge in [0.2, 0.25) is 0 Å². The van der Waals surface area contributed by atoms with Crippen LogP contribution in [0.2, 0.25) is 0 Å². The molecule has 7 nitrogen and oxygen atoms in total. The molecule has 2 saturated carbocycles. The summed E-state index contributed by atoms with van der Waals surface area (Å²) in [5.74, 6) is 1.97. The fourth-order valence-corrected chi connectivity index (χ4v) is 4.84. The molecule has 3 atom stereocenters. The second-order valence-corrected chi connectivity index (χ2v) is 6.75. The summed E-state index contributed by atoms with van der Waals surface area (Å²) in [6.45, 7) is 25.0. The molecule has 1 aliphatic heterocycles. The Labute approximate surface area is 201 Å². The standard InChI is InChI=1S/C19H25NO.5CO.Cr/c1-21-18-13-17(14-7-3-2-4-8-14)15-9-10-16(18)19(15)20-11-5-6-12-20;5*1-2;/h2-4,7-8,15-17H,5-6,9-13H2,1H3;;;;;;/t15-,16+,17+;;;;;;/m0....../s1. The van der Waals surface area contributed by atoms with Crippen LogP contribution in [-0.4, -0.2) is 30.5 Å². The van der Waals surface area contributed by atoms with Gasteiger partial charge in [0, 0.05) is 36.1 Å². The van der Waals surface area contributed by atoms with Gasteiger partial charge in [-0.3, -0.25) is 0 Å². The molecule has 8 heteroatoms. The summed E-state index contributed by atoms with van der Waals surface area (Å²) in [4.78, 5) is 0. The first kappa shape index (κ1) is 34.7. The minimum Gasteiger partial charge on any atom is 0 e. The Morgan fingerprint density at radius 2 is 1.31 bits per heavy atom. The summed E-state index contributed by atoms with van der Waals surface area (Å²) >= 11 is 0. The molecule has 2 aliphatic carbocycles. The summed E-state index contributed by atoms with van der Waals surface area (Å²) in [7, 11) is 1.87. The topological polar surface area (TPSA) is 112 Å². The number of methoxy groups -OCH3 is 1. The molecule has 1 aromatic carbocycles. The molecule has 2 bridgehead atoms. The van der Waals surface area contributed by atoms with Crippen LogP contribution in [0, 0.1) is 51.2 Å². The van der Waals surface area contributed by atoms with E-state index < -0.39 is 0 Å². The maximum absolute atomic E-state index is 7.50. The Morgan fingerprint density at radius 1 is 0.812 bits per heavy atom. The van der Waals surface area contributed by atoms with Gasteiger partial charge in [-0.2, -0.15) is 6.10 Å². The normalized spacial score (nSPS) is 21.9. The Kier molecular flexibility index (Phi) is 24.2. The van der Waals surface area contributed by atoms with E-state index in [0.717, 1.165) is 12.3 Å². The van der Waals surface area contributed by atoms with Gasteiger partial charge >= 0.3 is 56.5 Å². The monoisotopic (exact) mass is 475 g/mol. The van der Waals surface area contributed by atoms with E-state index >= 15 is 0 Å². The van der Waals surface area contributed by atoms with Crippen molar-refractivity contribution >= 4 is 5.71 Å². The smallest absolute Gasteiger partial charge is 0 e. The molecule has 3 fully saturated rings. The maximum atomic E-state index is 7.50. The van der Waals surface area contributed by atoms with E-state index in [1.165, 1.54) is 50.4 Å². The molecule has 0 unspecified atom stereocenters. The van der Waals surface area contributed by atoms with E-state index in [9.17, 15) is 0 Å². The van der Waals surface area contributed by atoms with Crippen LogP contribution in [0.1, 0.15) is 43.6 Å². The second kappa shape index (κ2) is 22.3. The molecular formula is C24H25CrNO6. The molecular weight excluding hydrogens is 450 g/mol. The largest absolute Gasteiger partial charge is 0 e. The number of rotatable bonds is 2. The van der Waals surface area contributed by atoms with Crippen molar-refractivity contribution in [2.45, 2.75) is 38.0 Å². The molecule has 0 spiro atoms. The molecule has 0 aromatic heterocycles. The summed E-state index contributed by atoms with van der Waals surface area (Å²) in [5.41, 5.74) is 3.21. The number of hydrogen-bond acceptors (Lipinski definition) is 1. The van der Waals surface area contributed by atoms with Gasteiger partial charge in [0.25, 0.3) is 0 Å². The zero-order valence-corrected chi connectivity index (χ0v) is 19.1. The fraction of sp³-hybridized carbons (Fsp3) is 0.458. The quantitative estimate of drug-likeness (QED) is 0.364. The predicted octanol–water partition coefficient (Wildman–Crippen LogP) is 3.44. The Hall–Kier alpha value is -1.92. The molecule has 0 amide bonds. The van der Waals surface area contributed by atoms with Crippen molar-refractivity contribution < 1.29 is 49.9 Å². The Balaban J connectivity index is -0.000000681. The number of hydrogen-bond donors (Lipinski definition) is 0. The van der Waals surface area contributed by atoms with Crippen LogP contribution in [0.25, 0.3) is 0 Å². The van der Waals surface area contributed by atoms with Gasteiger partial charge in [-0.15, -0.1) is 6.42 Å². The van der Waals surface area contributed by atoms with Crippen LogP contribution in [0.5, 0.6) is 0 Å². The van der Waals surface area contributed by atoms with Crippen molar-refractivity contribution in [2.24, 2.45) is 11.8 Å². The number of benzene rings is 1. The third kappa shape index (κ3) is 8.91. The average molecular weight is 475 g/mol. The van der Waals surface area contributed by atoms with Crippen molar-refractivity contribution in [3.8, 4) is 0 Å². The summed E-state index contributed by atoms with van der Waals surface area (Å²) in [6.07, 6.45) is 7.81. The van der Waals surface area contributed by atoms with E-state index in [0.29, 0.717) is 11.8 Å². The molecule has 32 heavy (non-hydrogen) atoms. The van der Waals surface area contributed by atoms with Gasteiger partial charge in [-0.25, -0.2) is 4.58 Å². The summed E-state index contributed by atoms with van der Waals surface area (Å²) in [5, 5.41) is 0. The molecule has 4 rings (SSSR count). The van der Waals surface area contributed by atoms with Crippen LogP contribution in [-0.2, 0) is 45.4 Å². The zero-order valence-electron chi connectivity index (χ0n) is 17.9. The van der Waals surface area contributed by atoms with Crippen LogP contribution in [0.15, 0.2) is 30.3 Å². The third-order valence-corrected chi connectivity index (χ3v) is 5.76. The fourth-order valence-electron chi connectivity index (χ4n) is 4.84. The van der Waals surface area contributed by atoms with E-state index in [1.54, 1.807) is 5.71 Å². The average Bonchev–Trinajstić information content (AvgIpc) is 3.54. The predicted molar refractivity (Wildman–Crippen MR) is 104 cm³/mol. The maximum Gasteiger partial charge on any atom is 0 e. The van der Waals surface area contributed by atoms with Gasteiger partial charge < -0.3 is 4.74 Å². The first-order valence-corrected chi connectivity index (χ1v) is 9.47. The van der Waals surface area contributed by atoms with Crippen molar-refractivity contribution in [1.29, 1.82) is 0 Å². The van der Waals surface area contributed by atoms with Crippen LogP contribution >= 0.6 is 0 Å².